The molecule has 0 aliphatic heterocycles. The van der Waals surface area contributed by atoms with Gasteiger partial charge < -0.3 is 24.6 Å². The average molecular weight is 779 g/mol. The molecule has 0 fully saturated rings. The normalized spacial score (nSPS) is 13.8. The Kier molecular flexibility index (Phi) is 38.5. The third-order valence-corrected chi connectivity index (χ3v) is 10.8. The van der Waals surface area contributed by atoms with E-state index in [1.807, 2.05) is 0 Å². The third kappa shape index (κ3) is 37.7. The van der Waals surface area contributed by atoms with Crippen LogP contribution in [0.1, 0.15) is 219 Å². The highest BCUT2D eigenvalue weighted by atomic mass is 31.2. The first-order valence-corrected chi connectivity index (χ1v) is 23.5. The molecular weight excluding hydrogens is 695 g/mol. The first-order valence-electron chi connectivity index (χ1n) is 22.0. The summed E-state index contributed by atoms with van der Waals surface area (Å²) < 4.78 is 32.4. The smallest absolute Gasteiger partial charge is 0.457 e. The minimum Gasteiger partial charge on any atom is -0.457 e. The van der Waals surface area contributed by atoms with Crippen molar-refractivity contribution in [3.8, 4) is 0 Å². The van der Waals surface area contributed by atoms with Crippen molar-refractivity contribution in [3.05, 3.63) is 0 Å². The Morgan fingerprint density at radius 3 is 0.887 bits per heavy atom. The van der Waals surface area contributed by atoms with Crippen LogP contribution in [-0.2, 0) is 32.7 Å². The van der Waals surface area contributed by atoms with Crippen molar-refractivity contribution < 1.29 is 47.8 Å². The highest BCUT2D eigenvalue weighted by Gasteiger charge is 2.27. The predicted octanol–water partition coefficient (Wildman–Crippen LogP) is 11.5. The van der Waals surface area contributed by atoms with E-state index in [4.69, 9.17) is 18.5 Å². The summed E-state index contributed by atoms with van der Waals surface area (Å²) in [5, 5.41) is 19.1. The molecular formula is C42H83O10P. The van der Waals surface area contributed by atoms with Gasteiger partial charge in [-0.3, -0.25) is 18.6 Å². The van der Waals surface area contributed by atoms with Crippen LogP contribution in [0.3, 0.4) is 0 Å². The van der Waals surface area contributed by atoms with Crippen LogP contribution in [0.5, 0.6) is 0 Å². The fraction of sp³-hybridized carbons (Fsp3) is 0.952. The zero-order chi connectivity index (χ0) is 39.1. The molecule has 0 radical (unpaired) electrons. The summed E-state index contributed by atoms with van der Waals surface area (Å²) in [6, 6.07) is 0. The molecule has 0 aliphatic carbocycles. The molecule has 11 heteroatoms. The summed E-state index contributed by atoms with van der Waals surface area (Å²) in [4.78, 5) is 34.3. The van der Waals surface area contributed by atoms with Crippen molar-refractivity contribution in [1.82, 2.24) is 0 Å². The Balaban J connectivity index is 3.75. The molecule has 0 aromatic heterocycles. The van der Waals surface area contributed by atoms with Crippen molar-refractivity contribution in [2.75, 3.05) is 26.4 Å². The molecule has 0 bridgehead atoms. The maximum atomic E-state index is 12.3. The molecule has 0 amide bonds. The van der Waals surface area contributed by atoms with E-state index in [1.54, 1.807) is 0 Å². The van der Waals surface area contributed by atoms with Crippen molar-refractivity contribution in [2.45, 2.75) is 232 Å². The first-order chi connectivity index (χ1) is 25.8. The van der Waals surface area contributed by atoms with E-state index in [0.717, 1.165) is 38.5 Å². The minimum atomic E-state index is -4.62. The van der Waals surface area contributed by atoms with E-state index >= 15 is 0 Å². The first kappa shape index (κ1) is 52.0. The van der Waals surface area contributed by atoms with E-state index in [2.05, 4.69) is 13.8 Å². The molecule has 0 spiro atoms. The van der Waals surface area contributed by atoms with Gasteiger partial charge in [0.05, 0.1) is 26.4 Å². The lowest BCUT2D eigenvalue weighted by atomic mass is 10.0. The number of esters is 2. The van der Waals surface area contributed by atoms with Crippen LogP contribution in [0.15, 0.2) is 0 Å². The van der Waals surface area contributed by atoms with Gasteiger partial charge in [-0.25, -0.2) is 4.57 Å². The Bertz CT molecular complexity index is 858. The summed E-state index contributed by atoms with van der Waals surface area (Å²) in [5.41, 5.74) is 0. The minimum absolute atomic E-state index is 0.195. The highest BCUT2D eigenvalue weighted by Crippen LogP contribution is 2.43. The topological polar surface area (TPSA) is 149 Å². The van der Waals surface area contributed by atoms with Crippen LogP contribution >= 0.6 is 7.82 Å². The van der Waals surface area contributed by atoms with Crippen molar-refractivity contribution in [2.24, 2.45) is 0 Å². The van der Waals surface area contributed by atoms with Gasteiger partial charge in [0.15, 0.2) is 0 Å². The number of aliphatic hydroxyl groups excluding tert-OH is 2. The van der Waals surface area contributed by atoms with Crippen LogP contribution in [0.4, 0.5) is 0 Å². The fourth-order valence-corrected chi connectivity index (χ4v) is 7.19. The molecule has 3 N–H and O–H groups in total. The number of carbonyl (C=O) groups is 2. The second-order valence-corrected chi connectivity index (χ2v) is 16.5. The van der Waals surface area contributed by atoms with Gasteiger partial charge in [0.2, 0.25) is 0 Å². The maximum Gasteiger partial charge on any atom is 0.472 e. The lowest BCUT2D eigenvalue weighted by molar-refractivity contribution is -0.153. The Morgan fingerprint density at radius 1 is 0.434 bits per heavy atom. The second kappa shape index (κ2) is 39.2. The van der Waals surface area contributed by atoms with Gasteiger partial charge in [-0.1, -0.05) is 194 Å². The van der Waals surface area contributed by atoms with Gasteiger partial charge in [0, 0.05) is 12.8 Å². The SMILES string of the molecule is CCCCCCCCCCCCCCCCCCCCCCCCCC(=O)OC(CO)COP(=O)(O)OCC(CO)OC(=O)CCCCCCCCC. The van der Waals surface area contributed by atoms with Gasteiger partial charge in [-0.15, -0.1) is 0 Å². The molecule has 10 nitrogen and oxygen atoms in total. The quantitative estimate of drug-likeness (QED) is 0.0310. The molecule has 0 aromatic rings. The van der Waals surface area contributed by atoms with E-state index in [-0.39, 0.29) is 12.8 Å². The van der Waals surface area contributed by atoms with E-state index < -0.39 is 58.4 Å². The van der Waals surface area contributed by atoms with E-state index in [0.29, 0.717) is 12.8 Å². The standard InChI is InChI=1S/C42H83O10P/c1-3-5-7-9-11-12-13-14-15-16-17-18-19-20-21-22-23-24-25-26-28-30-32-34-42(46)52-40(36-44)38-50-53(47,48)49-37-39(35-43)51-41(45)33-31-29-27-10-8-6-4-2/h39-40,43-44H,3-38H2,1-2H3,(H,47,48). The van der Waals surface area contributed by atoms with Crippen LogP contribution in [0.25, 0.3) is 0 Å². The van der Waals surface area contributed by atoms with Gasteiger partial charge in [-0.05, 0) is 12.8 Å². The summed E-state index contributed by atoms with van der Waals surface area (Å²) in [7, 11) is -4.62. The zero-order valence-electron chi connectivity index (χ0n) is 34.3. The van der Waals surface area contributed by atoms with Crippen LogP contribution < -0.4 is 0 Å². The number of phosphoric ester groups is 1. The van der Waals surface area contributed by atoms with Gasteiger partial charge in [0.1, 0.15) is 12.2 Å². The summed E-state index contributed by atoms with van der Waals surface area (Å²) in [5.74, 6) is -1.01. The van der Waals surface area contributed by atoms with Crippen LogP contribution in [0.2, 0.25) is 0 Å². The van der Waals surface area contributed by atoms with Crippen molar-refractivity contribution in [1.29, 1.82) is 0 Å². The van der Waals surface area contributed by atoms with Crippen LogP contribution in [-0.4, -0.2) is 65.7 Å². The van der Waals surface area contributed by atoms with Gasteiger partial charge in [0.25, 0.3) is 0 Å². The third-order valence-electron chi connectivity index (χ3n) is 9.82. The van der Waals surface area contributed by atoms with E-state index in [1.165, 1.54) is 141 Å². The van der Waals surface area contributed by atoms with Crippen molar-refractivity contribution >= 4 is 19.8 Å². The summed E-state index contributed by atoms with van der Waals surface area (Å²) >= 11 is 0. The molecule has 0 aliphatic rings. The molecule has 3 unspecified atom stereocenters. The molecule has 53 heavy (non-hydrogen) atoms. The zero-order valence-corrected chi connectivity index (χ0v) is 35.2. The van der Waals surface area contributed by atoms with Crippen LogP contribution in [0, 0.1) is 0 Å². The number of unbranched alkanes of at least 4 members (excludes halogenated alkanes) is 28. The fourth-order valence-electron chi connectivity index (χ4n) is 6.41. The predicted molar refractivity (Wildman–Crippen MR) is 215 cm³/mol. The largest absolute Gasteiger partial charge is 0.472 e. The average Bonchev–Trinajstić information content (AvgIpc) is 3.14. The molecule has 0 heterocycles. The van der Waals surface area contributed by atoms with Crippen molar-refractivity contribution in [3.63, 3.8) is 0 Å². The molecule has 316 valence electrons. The monoisotopic (exact) mass is 779 g/mol. The Hall–Kier alpha value is -1.03. The Labute approximate surface area is 324 Å². The number of aliphatic hydroxyl groups is 2. The number of phosphoric acid groups is 1. The number of hydrogen-bond donors (Lipinski definition) is 3. The molecule has 0 saturated carbocycles. The molecule has 0 rings (SSSR count). The molecule has 0 aromatic carbocycles. The van der Waals surface area contributed by atoms with Gasteiger partial charge >= 0.3 is 19.8 Å². The lowest BCUT2D eigenvalue weighted by Gasteiger charge is -2.20. The lowest BCUT2D eigenvalue weighted by Crippen LogP contribution is -2.28. The number of carbonyl (C=O) groups excluding carboxylic acids is 2. The molecule has 0 saturated heterocycles. The summed E-state index contributed by atoms with van der Waals surface area (Å²) in [6.45, 7) is 2.18. The number of rotatable bonds is 42. The number of ether oxygens (including phenoxy) is 2. The highest BCUT2D eigenvalue weighted by molar-refractivity contribution is 7.47. The second-order valence-electron chi connectivity index (χ2n) is 15.0. The number of hydrogen-bond acceptors (Lipinski definition) is 9. The maximum absolute atomic E-state index is 12.3. The van der Waals surface area contributed by atoms with Gasteiger partial charge in [-0.2, -0.15) is 0 Å². The van der Waals surface area contributed by atoms with E-state index in [9.17, 15) is 29.3 Å². The Morgan fingerprint density at radius 2 is 0.660 bits per heavy atom. The molecule has 3 atom stereocenters. The summed E-state index contributed by atoms with van der Waals surface area (Å²) in [6.07, 6.45) is 35.5.